The number of hydrogen-bond donors (Lipinski definition) is 0. The van der Waals surface area contributed by atoms with Crippen molar-refractivity contribution in [2.75, 3.05) is 13.1 Å². The number of amides is 1. The lowest BCUT2D eigenvalue weighted by molar-refractivity contribution is -0.000404. The molecule has 0 bridgehead atoms. The first-order chi connectivity index (χ1) is 14.7. The molecule has 2 heterocycles. The molecule has 1 fully saturated rings. The number of aromatic nitrogens is 2. The number of likely N-dealkylation sites (tertiary alicyclic amines) is 1. The molecule has 1 aliphatic rings. The van der Waals surface area contributed by atoms with Gasteiger partial charge in [0.15, 0.2) is 0 Å². The van der Waals surface area contributed by atoms with Crippen LogP contribution in [0.2, 0.25) is 0 Å². The van der Waals surface area contributed by atoms with Crippen LogP contribution in [0.4, 0.5) is 0 Å². The van der Waals surface area contributed by atoms with E-state index in [2.05, 4.69) is 36.3 Å². The first-order valence-electron chi connectivity index (χ1n) is 10.8. The third-order valence-corrected chi connectivity index (χ3v) is 5.75. The number of benzene rings is 2. The fourth-order valence-corrected chi connectivity index (χ4v) is 4.04. The van der Waals surface area contributed by atoms with E-state index in [1.807, 2.05) is 46.0 Å². The zero-order valence-corrected chi connectivity index (χ0v) is 17.5. The van der Waals surface area contributed by atoms with Gasteiger partial charge in [0, 0.05) is 13.1 Å². The van der Waals surface area contributed by atoms with Crippen molar-refractivity contribution in [1.29, 1.82) is 0 Å². The van der Waals surface area contributed by atoms with Gasteiger partial charge in [-0.25, -0.2) is 0 Å². The highest BCUT2D eigenvalue weighted by atomic mass is 16.5. The molecule has 0 aliphatic carbocycles. The highest BCUT2D eigenvalue weighted by Crippen LogP contribution is 2.20. The Kier molecular flexibility index (Phi) is 6.60. The molecule has 1 aliphatic heterocycles. The summed E-state index contributed by atoms with van der Waals surface area (Å²) in [5, 5.41) is 4.52. The largest absolute Gasteiger partial charge is 0.373 e. The summed E-state index contributed by atoms with van der Waals surface area (Å²) >= 11 is 0. The third kappa shape index (κ3) is 4.79. The van der Waals surface area contributed by atoms with Crippen molar-refractivity contribution in [3.05, 3.63) is 89.2 Å². The van der Waals surface area contributed by atoms with E-state index in [-0.39, 0.29) is 12.0 Å². The van der Waals surface area contributed by atoms with E-state index in [1.54, 1.807) is 6.20 Å². The molecule has 156 valence electrons. The van der Waals surface area contributed by atoms with Crippen LogP contribution in [-0.2, 0) is 24.3 Å². The average Bonchev–Trinajstić information content (AvgIpc) is 3.21. The van der Waals surface area contributed by atoms with Crippen molar-refractivity contribution >= 4 is 5.91 Å². The smallest absolute Gasteiger partial charge is 0.257 e. The van der Waals surface area contributed by atoms with Gasteiger partial charge in [0.2, 0.25) is 0 Å². The van der Waals surface area contributed by atoms with Gasteiger partial charge < -0.3 is 9.64 Å². The molecule has 30 heavy (non-hydrogen) atoms. The first-order valence-corrected chi connectivity index (χ1v) is 10.8. The van der Waals surface area contributed by atoms with Gasteiger partial charge in [-0.3, -0.25) is 9.48 Å². The van der Waals surface area contributed by atoms with Crippen molar-refractivity contribution in [2.24, 2.45) is 0 Å². The molecule has 3 aromatic rings. The molecule has 2 aromatic carbocycles. The van der Waals surface area contributed by atoms with Crippen molar-refractivity contribution in [2.45, 2.75) is 45.4 Å². The number of rotatable bonds is 7. The Morgan fingerprint density at radius 2 is 1.63 bits per heavy atom. The number of ether oxygens (including phenoxy) is 1. The Bertz CT molecular complexity index is 945. The molecule has 0 atom stereocenters. The highest BCUT2D eigenvalue weighted by Gasteiger charge is 2.27. The second-order valence-electron chi connectivity index (χ2n) is 7.79. The Morgan fingerprint density at radius 3 is 2.27 bits per heavy atom. The van der Waals surface area contributed by atoms with E-state index < -0.39 is 0 Å². The summed E-state index contributed by atoms with van der Waals surface area (Å²) in [5.74, 6) is 0.0904. The molecule has 5 nitrogen and oxygen atoms in total. The van der Waals surface area contributed by atoms with Crippen molar-refractivity contribution in [3.8, 4) is 0 Å². The summed E-state index contributed by atoms with van der Waals surface area (Å²) in [6.07, 6.45) is 4.48. The molecule has 1 saturated heterocycles. The lowest BCUT2D eigenvalue weighted by Gasteiger charge is -2.32. The zero-order chi connectivity index (χ0) is 20.8. The van der Waals surface area contributed by atoms with Crippen LogP contribution in [0.1, 0.15) is 46.9 Å². The van der Waals surface area contributed by atoms with Crippen LogP contribution in [0, 0.1) is 0 Å². The molecule has 0 unspecified atom stereocenters. The van der Waals surface area contributed by atoms with Gasteiger partial charge in [0.1, 0.15) is 0 Å². The minimum Gasteiger partial charge on any atom is -0.373 e. The zero-order valence-electron chi connectivity index (χ0n) is 17.5. The minimum atomic E-state index is 0.0904. The number of nitrogens with zero attached hydrogens (tertiary/aromatic N) is 3. The Labute approximate surface area is 178 Å². The molecule has 0 radical (unpaired) electrons. The van der Waals surface area contributed by atoms with Crippen LogP contribution in [0.5, 0.6) is 0 Å². The van der Waals surface area contributed by atoms with E-state index in [4.69, 9.17) is 4.74 Å². The quantitative estimate of drug-likeness (QED) is 0.590. The summed E-state index contributed by atoms with van der Waals surface area (Å²) < 4.78 is 8.02. The lowest BCUT2D eigenvalue weighted by atomic mass is 10.1. The summed E-state index contributed by atoms with van der Waals surface area (Å²) in [7, 11) is 0. The maximum Gasteiger partial charge on any atom is 0.257 e. The molecule has 1 aromatic heterocycles. The van der Waals surface area contributed by atoms with Crippen molar-refractivity contribution < 1.29 is 9.53 Å². The highest BCUT2D eigenvalue weighted by molar-refractivity contribution is 5.95. The van der Waals surface area contributed by atoms with Crippen molar-refractivity contribution in [3.63, 3.8) is 0 Å². The van der Waals surface area contributed by atoms with E-state index in [1.165, 1.54) is 11.1 Å². The van der Waals surface area contributed by atoms with Crippen LogP contribution >= 0.6 is 0 Å². The van der Waals surface area contributed by atoms with E-state index >= 15 is 0 Å². The minimum absolute atomic E-state index is 0.0904. The molecular weight excluding hydrogens is 374 g/mol. The second-order valence-corrected chi connectivity index (χ2v) is 7.79. The van der Waals surface area contributed by atoms with Gasteiger partial charge in [-0.2, -0.15) is 5.10 Å². The van der Waals surface area contributed by atoms with Gasteiger partial charge in [-0.1, -0.05) is 67.6 Å². The fourth-order valence-electron chi connectivity index (χ4n) is 4.04. The fraction of sp³-hybridized carbons (Fsp3) is 0.360. The Morgan fingerprint density at radius 1 is 1.00 bits per heavy atom. The van der Waals surface area contributed by atoms with Crippen LogP contribution in [0.25, 0.3) is 0 Å². The monoisotopic (exact) mass is 403 g/mol. The van der Waals surface area contributed by atoms with Crippen LogP contribution in [-0.4, -0.2) is 39.8 Å². The van der Waals surface area contributed by atoms with Gasteiger partial charge in [-0.15, -0.1) is 0 Å². The standard InChI is InChI=1S/C25H29N3O2/c1-2-24-23(17-26-28(24)18-20-9-5-3-6-10-20)25(29)27-15-13-22(14-16-27)30-19-21-11-7-4-8-12-21/h3-12,17,22H,2,13-16,18-19H2,1H3. The second kappa shape index (κ2) is 9.72. The summed E-state index contributed by atoms with van der Waals surface area (Å²) in [6, 6.07) is 20.5. The number of piperidine rings is 1. The Hall–Kier alpha value is -2.92. The van der Waals surface area contributed by atoms with E-state index in [0.29, 0.717) is 13.2 Å². The molecule has 5 heteroatoms. The van der Waals surface area contributed by atoms with Crippen LogP contribution < -0.4 is 0 Å². The predicted octanol–water partition coefficient (Wildman–Crippen LogP) is 4.32. The third-order valence-electron chi connectivity index (χ3n) is 5.75. The maximum absolute atomic E-state index is 13.2. The van der Waals surface area contributed by atoms with Gasteiger partial charge in [0.25, 0.3) is 5.91 Å². The molecular formula is C25H29N3O2. The Balaban J connectivity index is 1.35. The molecule has 0 spiro atoms. The maximum atomic E-state index is 13.2. The first kappa shape index (κ1) is 20.4. The van der Waals surface area contributed by atoms with Crippen LogP contribution in [0.3, 0.4) is 0 Å². The van der Waals surface area contributed by atoms with E-state index in [9.17, 15) is 4.79 Å². The van der Waals surface area contributed by atoms with E-state index in [0.717, 1.165) is 43.6 Å². The lowest BCUT2D eigenvalue weighted by Crippen LogP contribution is -2.41. The summed E-state index contributed by atoms with van der Waals surface area (Å²) in [6.45, 7) is 4.86. The summed E-state index contributed by atoms with van der Waals surface area (Å²) in [5.41, 5.74) is 4.11. The molecule has 0 saturated carbocycles. The topological polar surface area (TPSA) is 47.4 Å². The number of hydrogen-bond acceptors (Lipinski definition) is 3. The van der Waals surface area contributed by atoms with Gasteiger partial charge in [0.05, 0.1) is 36.7 Å². The van der Waals surface area contributed by atoms with Crippen molar-refractivity contribution in [1.82, 2.24) is 14.7 Å². The number of carbonyl (C=O) groups is 1. The van der Waals surface area contributed by atoms with Crippen LogP contribution in [0.15, 0.2) is 66.9 Å². The SMILES string of the molecule is CCc1c(C(=O)N2CCC(OCc3ccccc3)CC2)cnn1Cc1ccccc1. The predicted molar refractivity (Wildman–Crippen MR) is 117 cm³/mol. The normalized spacial score (nSPS) is 14.8. The van der Waals surface area contributed by atoms with Gasteiger partial charge in [-0.05, 0) is 30.4 Å². The molecule has 1 amide bonds. The molecule has 4 rings (SSSR count). The summed E-state index contributed by atoms with van der Waals surface area (Å²) in [4.78, 5) is 15.1. The molecule has 0 N–H and O–H groups in total. The number of carbonyl (C=O) groups excluding carboxylic acids is 1. The average molecular weight is 404 g/mol. The van der Waals surface area contributed by atoms with Gasteiger partial charge >= 0.3 is 0 Å².